The van der Waals surface area contributed by atoms with Crippen molar-refractivity contribution in [2.75, 3.05) is 0 Å². The van der Waals surface area contributed by atoms with E-state index in [4.69, 9.17) is 11.6 Å². The third-order valence-corrected chi connectivity index (χ3v) is 2.90. The number of non-ortho nitro benzene ring substituents is 1. The average Bonchev–Trinajstić information content (AvgIpc) is 2.38. The fourth-order valence-corrected chi connectivity index (χ4v) is 1.99. The molecule has 0 saturated carbocycles. The third-order valence-electron chi connectivity index (χ3n) is 2.58. The van der Waals surface area contributed by atoms with E-state index < -0.39 is 4.92 Å². The first-order valence-corrected chi connectivity index (χ1v) is 5.75. The van der Waals surface area contributed by atoms with E-state index in [1.807, 2.05) is 6.92 Å². The van der Waals surface area contributed by atoms with Gasteiger partial charge in [0.2, 0.25) is 0 Å². The van der Waals surface area contributed by atoms with Gasteiger partial charge in [-0.3, -0.25) is 10.1 Å². The molecule has 2 aromatic rings. The molecule has 0 bridgehead atoms. The number of hydrogen-bond acceptors (Lipinski definition) is 4. The van der Waals surface area contributed by atoms with Crippen molar-refractivity contribution in [3.05, 3.63) is 51.4 Å². The van der Waals surface area contributed by atoms with Crippen molar-refractivity contribution in [1.29, 1.82) is 0 Å². The molecule has 0 atom stereocenters. The van der Waals surface area contributed by atoms with Gasteiger partial charge in [0, 0.05) is 23.3 Å². The summed E-state index contributed by atoms with van der Waals surface area (Å²) >= 11 is 6.00. The van der Waals surface area contributed by atoms with Crippen LogP contribution in [-0.2, 0) is 6.42 Å². The Morgan fingerprint density at radius 1 is 1.39 bits per heavy atom. The van der Waals surface area contributed by atoms with Crippen LogP contribution in [0.2, 0.25) is 5.15 Å². The van der Waals surface area contributed by atoms with Crippen LogP contribution < -0.4 is 0 Å². The van der Waals surface area contributed by atoms with Crippen molar-refractivity contribution in [1.82, 2.24) is 9.97 Å². The number of hydrogen-bond donors (Lipinski definition) is 0. The van der Waals surface area contributed by atoms with Gasteiger partial charge in [-0.05, 0) is 6.42 Å². The molecule has 0 N–H and O–H groups in total. The van der Waals surface area contributed by atoms with E-state index >= 15 is 0 Å². The second-order valence-corrected chi connectivity index (χ2v) is 4.01. The van der Waals surface area contributed by atoms with E-state index in [2.05, 4.69) is 9.97 Å². The van der Waals surface area contributed by atoms with E-state index in [1.54, 1.807) is 12.1 Å². The molecule has 2 rings (SSSR count). The minimum Gasteiger partial charge on any atom is -0.258 e. The Morgan fingerprint density at radius 3 is 2.83 bits per heavy atom. The first-order valence-electron chi connectivity index (χ1n) is 5.37. The zero-order chi connectivity index (χ0) is 13.1. The van der Waals surface area contributed by atoms with Gasteiger partial charge in [0.25, 0.3) is 5.69 Å². The molecule has 18 heavy (non-hydrogen) atoms. The van der Waals surface area contributed by atoms with Gasteiger partial charge < -0.3 is 0 Å². The Morgan fingerprint density at radius 2 is 2.17 bits per heavy atom. The average molecular weight is 264 g/mol. The van der Waals surface area contributed by atoms with Gasteiger partial charge in [-0.25, -0.2) is 9.97 Å². The molecule has 1 aromatic heterocycles. The highest BCUT2D eigenvalue weighted by Crippen LogP contribution is 2.28. The highest BCUT2D eigenvalue weighted by molar-refractivity contribution is 6.30. The van der Waals surface area contributed by atoms with Gasteiger partial charge in [-0.2, -0.15) is 0 Å². The number of nitro groups is 1. The Labute approximate surface area is 109 Å². The molecule has 0 radical (unpaired) electrons. The maximum absolute atomic E-state index is 10.8. The molecule has 0 aliphatic rings. The van der Waals surface area contributed by atoms with Crippen LogP contribution in [0.25, 0.3) is 11.3 Å². The Hall–Kier alpha value is -2.01. The molecule has 5 nitrogen and oxygen atoms in total. The molecule has 1 aromatic carbocycles. The maximum Gasteiger partial charge on any atom is 0.270 e. The number of nitro benzene ring substituents is 1. The molecule has 0 aliphatic heterocycles. The molecular weight excluding hydrogens is 254 g/mol. The molecule has 6 heteroatoms. The quantitative estimate of drug-likeness (QED) is 0.484. The highest BCUT2D eigenvalue weighted by Gasteiger charge is 2.13. The standard InChI is InChI=1S/C12H10ClN3O2/c1-2-10-11(14-7-15-12(10)13)8-4-3-5-9(6-8)16(17)18/h3-7H,2H2,1H3. The van der Waals surface area contributed by atoms with Crippen LogP contribution in [0.3, 0.4) is 0 Å². The smallest absolute Gasteiger partial charge is 0.258 e. The highest BCUT2D eigenvalue weighted by atomic mass is 35.5. The fourth-order valence-electron chi connectivity index (χ4n) is 1.72. The molecule has 0 saturated heterocycles. The summed E-state index contributed by atoms with van der Waals surface area (Å²) in [4.78, 5) is 18.4. The minimum atomic E-state index is -0.433. The second kappa shape index (κ2) is 5.10. The lowest BCUT2D eigenvalue weighted by Gasteiger charge is -2.07. The summed E-state index contributed by atoms with van der Waals surface area (Å²) in [5, 5.41) is 11.1. The topological polar surface area (TPSA) is 68.9 Å². The minimum absolute atomic E-state index is 0.0317. The van der Waals surface area contributed by atoms with E-state index in [0.29, 0.717) is 22.8 Å². The summed E-state index contributed by atoms with van der Waals surface area (Å²) in [5.41, 5.74) is 2.13. The summed E-state index contributed by atoms with van der Waals surface area (Å²) in [7, 11) is 0. The molecule has 0 spiro atoms. The van der Waals surface area contributed by atoms with Crippen molar-refractivity contribution in [2.24, 2.45) is 0 Å². The van der Waals surface area contributed by atoms with Gasteiger partial charge in [-0.15, -0.1) is 0 Å². The summed E-state index contributed by atoms with van der Waals surface area (Å²) in [5.74, 6) is 0. The van der Waals surface area contributed by atoms with Crippen LogP contribution >= 0.6 is 11.6 Å². The zero-order valence-electron chi connectivity index (χ0n) is 9.63. The number of halogens is 1. The maximum atomic E-state index is 10.8. The monoisotopic (exact) mass is 263 g/mol. The van der Waals surface area contributed by atoms with E-state index in [9.17, 15) is 10.1 Å². The second-order valence-electron chi connectivity index (χ2n) is 3.65. The summed E-state index contributed by atoms with van der Waals surface area (Å²) in [6.45, 7) is 1.94. The number of rotatable bonds is 3. The summed E-state index contributed by atoms with van der Waals surface area (Å²) < 4.78 is 0. The predicted molar refractivity (Wildman–Crippen MR) is 68.5 cm³/mol. The van der Waals surface area contributed by atoms with E-state index in [1.165, 1.54) is 18.5 Å². The van der Waals surface area contributed by atoms with Crippen molar-refractivity contribution in [3.63, 3.8) is 0 Å². The first kappa shape index (κ1) is 12.4. The lowest BCUT2D eigenvalue weighted by molar-refractivity contribution is -0.384. The van der Waals surface area contributed by atoms with Crippen LogP contribution in [0.15, 0.2) is 30.6 Å². The molecule has 0 unspecified atom stereocenters. The number of benzene rings is 1. The lowest BCUT2D eigenvalue weighted by atomic mass is 10.1. The van der Waals surface area contributed by atoms with E-state index in [0.717, 1.165) is 5.56 Å². The normalized spacial score (nSPS) is 10.3. The van der Waals surface area contributed by atoms with Crippen LogP contribution in [0.5, 0.6) is 0 Å². The van der Waals surface area contributed by atoms with Gasteiger partial charge in [0.15, 0.2) is 0 Å². The molecule has 0 fully saturated rings. The Balaban J connectivity index is 2.58. The van der Waals surface area contributed by atoms with Gasteiger partial charge in [0.05, 0.1) is 10.6 Å². The molecule has 92 valence electrons. The van der Waals surface area contributed by atoms with Crippen LogP contribution in [-0.4, -0.2) is 14.9 Å². The summed E-state index contributed by atoms with van der Waals surface area (Å²) in [6.07, 6.45) is 2.02. The van der Waals surface area contributed by atoms with Crippen molar-refractivity contribution in [2.45, 2.75) is 13.3 Å². The number of aromatic nitrogens is 2. The predicted octanol–water partition coefficient (Wildman–Crippen LogP) is 3.27. The Kier molecular flexibility index (Phi) is 3.53. The number of nitrogens with zero attached hydrogens (tertiary/aromatic N) is 3. The van der Waals surface area contributed by atoms with Crippen molar-refractivity contribution >= 4 is 17.3 Å². The largest absolute Gasteiger partial charge is 0.270 e. The molecule has 1 heterocycles. The molecule has 0 amide bonds. The van der Waals surface area contributed by atoms with Gasteiger partial charge >= 0.3 is 0 Å². The van der Waals surface area contributed by atoms with Crippen molar-refractivity contribution < 1.29 is 4.92 Å². The summed E-state index contributed by atoms with van der Waals surface area (Å²) in [6, 6.07) is 6.32. The van der Waals surface area contributed by atoms with Gasteiger partial charge in [-0.1, -0.05) is 30.7 Å². The van der Waals surface area contributed by atoms with Gasteiger partial charge in [0.1, 0.15) is 11.5 Å². The van der Waals surface area contributed by atoms with Crippen LogP contribution in [0.1, 0.15) is 12.5 Å². The van der Waals surface area contributed by atoms with Crippen molar-refractivity contribution in [3.8, 4) is 11.3 Å². The first-order chi connectivity index (χ1) is 8.63. The molecular formula is C12H10ClN3O2. The lowest BCUT2D eigenvalue weighted by Crippen LogP contribution is -1.96. The fraction of sp³-hybridized carbons (Fsp3) is 0.167. The Bertz CT molecular complexity index is 602. The van der Waals surface area contributed by atoms with Crippen LogP contribution in [0, 0.1) is 10.1 Å². The zero-order valence-corrected chi connectivity index (χ0v) is 10.4. The van der Waals surface area contributed by atoms with E-state index in [-0.39, 0.29) is 5.69 Å². The SMILES string of the molecule is CCc1c(Cl)ncnc1-c1cccc([N+](=O)[O-])c1. The molecule has 0 aliphatic carbocycles. The third kappa shape index (κ3) is 2.31. The van der Waals surface area contributed by atoms with Crippen LogP contribution in [0.4, 0.5) is 5.69 Å².